The van der Waals surface area contributed by atoms with Crippen molar-refractivity contribution in [1.82, 2.24) is 9.88 Å². The van der Waals surface area contributed by atoms with Crippen molar-refractivity contribution < 1.29 is 14.9 Å². The molecular formula is C28H35ClN2O3S. The highest BCUT2D eigenvalue weighted by atomic mass is 35.5. The highest BCUT2D eigenvalue weighted by Gasteiger charge is 2.29. The monoisotopic (exact) mass is 514 g/mol. The first-order chi connectivity index (χ1) is 17.1. The van der Waals surface area contributed by atoms with E-state index in [1.807, 2.05) is 54.2 Å². The van der Waals surface area contributed by atoms with Gasteiger partial charge in [-0.25, -0.2) is 0 Å². The molecule has 2 aromatic carbocycles. The van der Waals surface area contributed by atoms with Crippen molar-refractivity contribution in [2.24, 2.45) is 11.8 Å². The van der Waals surface area contributed by atoms with Crippen LogP contribution in [0.5, 0.6) is 5.75 Å². The third kappa shape index (κ3) is 7.11. The van der Waals surface area contributed by atoms with Crippen LogP contribution in [0.15, 0.2) is 59.6 Å². The van der Waals surface area contributed by atoms with Gasteiger partial charge in [-0.1, -0.05) is 17.7 Å². The molecule has 0 bridgehead atoms. The third-order valence-corrected chi connectivity index (χ3v) is 8.36. The second kappa shape index (κ2) is 12.9. The summed E-state index contributed by atoms with van der Waals surface area (Å²) in [5.41, 5.74) is 1.75. The molecule has 2 N–H and O–H groups in total. The first-order valence-corrected chi connectivity index (χ1v) is 13.8. The highest BCUT2D eigenvalue weighted by molar-refractivity contribution is 7.99. The van der Waals surface area contributed by atoms with Gasteiger partial charge in [0.1, 0.15) is 5.75 Å². The molecule has 2 heterocycles. The van der Waals surface area contributed by atoms with Crippen LogP contribution in [0.2, 0.25) is 5.02 Å². The predicted octanol–water partition coefficient (Wildman–Crippen LogP) is 5.82. The van der Waals surface area contributed by atoms with Crippen molar-refractivity contribution in [2.75, 3.05) is 39.1 Å². The van der Waals surface area contributed by atoms with Crippen LogP contribution < -0.4 is 4.74 Å². The van der Waals surface area contributed by atoms with Crippen molar-refractivity contribution in [3.8, 4) is 5.75 Å². The maximum absolute atomic E-state index is 11.0. The summed E-state index contributed by atoms with van der Waals surface area (Å²) in [7, 11) is 1.65. The fourth-order valence-corrected chi connectivity index (χ4v) is 6.22. The molecule has 1 saturated heterocycles. The number of nitrogens with zero attached hydrogens (tertiary/aromatic N) is 2. The van der Waals surface area contributed by atoms with Gasteiger partial charge < -0.3 is 19.8 Å². The normalized spacial score (nSPS) is 19.7. The second-order valence-corrected chi connectivity index (χ2v) is 10.9. The van der Waals surface area contributed by atoms with Gasteiger partial charge in [-0.05, 0) is 104 Å². The number of hydrogen-bond donors (Lipinski definition) is 2. The van der Waals surface area contributed by atoms with Crippen LogP contribution in [0.3, 0.4) is 0 Å². The molecule has 0 aliphatic carbocycles. The molecule has 35 heavy (non-hydrogen) atoms. The van der Waals surface area contributed by atoms with E-state index in [1.54, 1.807) is 13.3 Å². The molecule has 1 aliphatic heterocycles. The van der Waals surface area contributed by atoms with Crippen LogP contribution in [0.1, 0.15) is 37.4 Å². The fraction of sp³-hybridized carbons (Fsp3) is 0.464. The third-order valence-electron chi connectivity index (χ3n) is 7.05. The molecule has 0 spiro atoms. The van der Waals surface area contributed by atoms with Crippen LogP contribution in [-0.4, -0.2) is 59.2 Å². The summed E-state index contributed by atoms with van der Waals surface area (Å²) in [4.78, 5) is 8.11. The number of pyridine rings is 1. The van der Waals surface area contributed by atoms with Crippen LogP contribution in [0.4, 0.5) is 0 Å². The number of piperidine rings is 1. The number of methoxy groups -OCH3 is 1. The number of thioether (sulfide) groups is 1. The van der Waals surface area contributed by atoms with E-state index >= 15 is 0 Å². The minimum Gasteiger partial charge on any atom is -0.497 e. The molecule has 5 nitrogen and oxygen atoms in total. The van der Waals surface area contributed by atoms with Crippen LogP contribution in [0.25, 0.3) is 10.9 Å². The van der Waals surface area contributed by atoms with Gasteiger partial charge in [-0.2, -0.15) is 0 Å². The summed E-state index contributed by atoms with van der Waals surface area (Å²) in [5.74, 6) is 2.50. The lowest BCUT2D eigenvalue weighted by molar-refractivity contribution is 0.0581. The Labute approximate surface area is 217 Å². The fourth-order valence-electron chi connectivity index (χ4n) is 5.07. The van der Waals surface area contributed by atoms with E-state index in [-0.39, 0.29) is 12.5 Å². The number of hydrogen-bond acceptors (Lipinski definition) is 6. The van der Waals surface area contributed by atoms with E-state index in [9.17, 15) is 10.2 Å². The minimum atomic E-state index is -0.562. The Balaban J connectivity index is 1.26. The highest BCUT2D eigenvalue weighted by Crippen LogP contribution is 2.33. The van der Waals surface area contributed by atoms with Crippen molar-refractivity contribution in [2.45, 2.75) is 36.7 Å². The van der Waals surface area contributed by atoms with Gasteiger partial charge in [-0.3, -0.25) is 4.98 Å². The summed E-state index contributed by atoms with van der Waals surface area (Å²) >= 11 is 7.92. The SMILES string of the molecule is COc1ccc2nccc([C@H](O)CC[C@@H]3CCN(CCCSc4cccc(Cl)c4)C[C@@H]3CO)c2c1. The number of aromatic nitrogens is 1. The molecule has 0 unspecified atom stereocenters. The maximum atomic E-state index is 11.0. The summed E-state index contributed by atoms with van der Waals surface area (Å²) < 4.78 is 5.36. The van der Waals surface area contributed by atoms with Gasteiger partial charge in [0, 0.05) is 34.7 Å². The zero-order valence-corrected chi connectivity index (χ0v) is 21.8. The van der Waals surface area contributed by atoms with Crippen molar-refractivity contribution in [3.05, 3.63) is 65.3 Å². The number of likely N-dealkylation sites (tertiary alicyclic amines) is 1. The van der Waals surface area contributed by atoms with Crippen LogP contribution in [-0.2, 0) is 0 Å². The Bertz CT molecular complexity index is 1100. The van der Waals surface area contributed by atoms with Gasteiger partial charge in [0.25, 0.3) is 0 Å². The summed E-state index contributed by atoms with van der Waals surface area (Å²) in [5, 5.41) is 22.8. The van der Waals surface area contributed by atoms with Gasteiger partial charge in [-0.15, -0.1) is 11.8 Å². The van der Waals surface area contributed by atoms with Crippen molar-refractivity contribution in [3.63, 3.8) is 0 Å². The van der Waals surface area contributed by atoms with E-state index in [0.29, 0.717) is 12.3 Å². The van der Waals surface area contributed by atoms with Crippen LogP contribution >= 0.6 is 23.4 Å². The lowest BCUT2D eigenvalue weighted by Gasteiger charge is -2.38. The predicted molar refractivity (Wildman–Crippen MR) is 144 cm³/mol. The molecule has 3 aromatic rings. The molecule has 188 valence electrons. The van der Waals surface area contributed by atoms with E-state index in [0.717, 1.165) is 71.9 Å². The van der Waals surface area contributed by atoms with Crippen molar-refractivity contribution >= 4 is 34.3 Å². The molecule has 0 radical (unpaired) electrons. The van der Waals surface area contributed by atoms with E-state index in [4.69, 9.17) is 16.3 Å². The maximum Gasteiger partial charge on any atom is 0.119 e. The molecule has 1 fully saturated rings. The Morgan fingerprint density at radius 2 is 2.09 bits per heavy atom. The summed E-state index contributed by atoms with van der Waals surface area (Å²) in [6, 6.07) is 15.7. The smallest absolute Gasteiger partial charge is 0.119 e. The number of aliphatic hydroxyl groups excluding tert-OH is 2. The largest absolute Gasteiger partial charge is 0.497 e. The number of aliphatic hydroxyl groups is 2. The molecule has 0 saturated carbocycles. The zero-order valence-electron chi connectivity index (χ0n) is 20.3. The van der Waals surface area contributed by atoms with Gasteiger partial charge in [0.05, 0.1) is 18.7 Å². The molecule has 3 atom stereocenters. The first kappa shape index (κ1) is 26.2. The Kier molecular flexibility index (Phi) is 9.69. The number of rotatable bonds is 11. The Morgan fingerprint density at radius 1 is 1.20 bits per heavy atom. The molecular weight excluding hydrogens is 480 g/mol. The zero-order chi connectivity index (χ0) is 24.6. The average Bonchev–Trinajstić information content (AvgIpc) is 2.89. The van der Waals surface area contributed by atoms with Gasteiger partial charge in [0.15, 0.2) is 0 Å². The van der Waals surface area contributed by atoms with Crippen LogP contribution in [0, 0.1) is 11.8 Å². The van der Waals surface area contributed by atoms with Gasteiger partial charge in [0.2, 0.25) is 0 Å². The Hall–Kier alpha value is -1.83. The quantitative estimate of drug-likeness (QED) is 0.248. The number of halogens is 1. The standard InChI is InChI=1S/C28H35ClN2O3S/c1-34-23-7-8-27-26(17-23)25(10-12-30-27)28(33)9-6-20-11-14-31(18-21(20)19-32)13-3-15-35-24-5-2-4-22(29)16-24/h2,4-5,7-8,10,12,16-17,20-21,28,32-33H,3,6,9,11,13-15,18-19H2,1H3/t20-,21-,28-/m1/s1. The molecule has 7 heteroatoms. The number of ether oxygens (including phenoxy) is 1. The molecule has 1 aromatic heterocycles. The molecule has 0 amide bonds. The van der Waals surface area contributed by atoms with Crippen molar-refractivity contribution in [1.29, 1.82) is 0 Å². The lowest BCUT2D eigenvalue weighted by Crippen LogP contribution is -2.42. The molecule has 4 rings (SSSR count). The average molecular weight is 515 g/mol. The second-order valence-electron chi connectivity index (χ2n) is 9.33. The number of fused-ring (bicyclic) bond motifs is 1. The van der Waals surface area contributed by atoms with E-state index in [1.165, 1.54) is 4.90 Å². The lowest BCUT2D eigenvalue weighted by atomic mass is 9.81. The molecule has 1 aliphatic rings. The number of benzene rings is 2. The van der Waals surface area contributed by atoms with Gasteiger partial charge >= 0.3 is 0 Å². The summed E-state index contributed by atoms with van der Waals surface area (Å²) in [6.45, 7) is 3.22. The Morgan fingerprint density at radius 3 is 2.89 bits per heavy atom. The topological polar surface area (TPSA) is 65.8 Å². The minimum absolute atomic E-state index is 0.198. The van der Waals surface area contributed by atoms with E-state index < -0.39 is 6.10 Å². The first-order valence-electron chi connectivity index (χ1n) is 12.4. The summed E-state index contributed by atoms with van der Waals surface area (Å²) in [6.07, 6.45) is 4.94. The van der Waals surface area contributed by atoms with E-state index in [2.05, 4.69) is 16.0 Å².